The van der Waals surface area contributed by atoms with E-state index in [0.29, 0.717) is 6.42 Å². The van der Waals surface area contributed by atoms with E-state index in [1.807, 2.05) is 0 Å². The summed E-state index contributed by atoms with van der Waals surface area (Å²) in [6.07, 6.45) is 4.33. The van der Waals surface area contributed by atoms with Gasteiger partial charge in [0.2, 0.25) is 0 Å². The number of hydrogen-bond acceptors (Lipinski definition) is 3. The maximum atomic E-state index is 13.9. The third-order valence-corrected chi connectivity index (χ3v) is 5.01. The Kier molecular flexibility index (Phi) is 4.24. The van der Waals surface area contributed by atoms with Gasteiger partial charge in [0, 0.05) is 11.6 Å². The number of carbonyl (C=O) groups excluding carboxylic acids is 1. The summed E-state index contributed by atoms with van der Waals surface area (Å²) in [6, 6.07) is 3.13. The van der Waals surface area contributed by atoms with Crippen molar-refractivity contribution in [3.8, 4) is 5.75 Å². The first-order valence-electron chi connectivity index (χ1n) is 7.92. The Morgan fingerprint density at radius 3 is 2.70 bits per heavy atom. The number of benzene rings is 1. The molecule has 0 unspecified atom stereocenters. The highest BCUT2D eigenvalue weighted by Gasteiger charge is 2.47. The van der Waals surface area contributed by atoms with Crippen molar-refractivity contribution in [2.24, 2.45) is 5.92 Å². The Hall–Kier alpha value is -2.11. The molecule has 124 valence electrons. The molecular formula is C17H20FNO4. The van der Waals surface area contributed by atoms with Gasteiger partial charge in [-0.05, 0) is 43.4 Å². The van der Waals surface area contributed by atoms with Crippen molar-refractivity contribution >= 4 is 11.9 Å². The highest BCUT2D eigenvalue weighted by Crippen LogP contribution is 2.40. The molecule has 0 spiro atoms. The van der Waals surface area contributed by atoms with Gasteiger partial charge in [-0.15, -0.1) is 0 Å². The number of carboxylic acids is 1. The van der Waals surface area contributed by atoms with Gasteiger partial charge in [-0.2, -0.15) is 0 Å². The summed E-state index contributed by atoms with van der Waals surface area (Å²) in [5, 5.41) is 9.48. The molecule has 2 aliphatic rings. The van der Waals surface area contributed by atoms with E-state index < -0.39 is 23.7 Å². The summed E-state index contributed by atoms with van der Waals surface area (Å²) in [7, 11) is 1.35. The molecule has 0 aromatic heterocycles. The SMILES string of the molecule is COc1ccc(C(=O)N2[C@@H]3CCCC[C@H]3C[C@H]2C(=O)O)cc1F. The largest absolute Gasteiger partial charge is 0.494 e. The second kappa shape index (κ2) is 6.18. The number of nitrogens with zero attached hydrogens (tertiary/aromatic N) is 1. The fraction of sp³-hybridized carbons (Fsp3) is 0.529. The molecule has 23 heavy (non-hydrogen) atoms. The second-order valence-electron chi connectivity index (χ2n) is 6.26. The number of methoxy groups -OCH3 is 1. The van der Waals surface area contributed by atoms with Crippen molar-refractivity contribution in [3.63, 3.8) is 0 Å². The number of carbonyl (C=O) groups is 2. The molecule has 1 saturated heterocycles. The maximum absolute atomic E-state index is 13.9. The number of hydrogen-bond donors (Lipinski definition) is 1. The van der Waals surface area contributed by atoms with Crippen LogP contribution in [0.1, 0.15) is 42.5 Å². The van der Waals surface area contributed by atoms with Crippen LogP contribution in [0.5, 0.6) is 5.75 Å². The Balaban J connectivity index is 1.92. The zero-order chi connectivity index (χ0) is 16.6. The molecule has 1 saturated carbocycles. The first-order valence-corrected chi connectivity index (χ1v) is 7.92. The molecule has 0 bridgehead atoms. The van der Waals surface area contributed by atoms with Crippen molar-refractivity contribution in [1.29, 1.82) is 0 Å². The molecule has 5 nitrogen and oxygen atoms in total. The van der Waals surface area contributed by atoms with Crippen LogP contribution in [0.2, 0.25) is 0 Å². The Morgan fingerprint density at radius 1 is 1.30 bits per heavy atom. The van der Waals surface area contributed by atoms with E-state index in [0.717, 1.165) is 31.7 Å². The van der Waals surface area contributed by atoms with E-state index in [-0.39, 0.29) is 23.3 Å². The molecule has 1 heterocycles. The molecule has 1 N–H and O–H groups in total. The third-order valence-electron chi connectivity index (χ3n) is 5.01. The summed E-state index contributed by atoms with van der Waals surface area (Å²) in [5.41, 5.74) is 0.167. The first kappa shape index (κ1) is 15.8. The number of likely N-dealkylation sites (tertiary alicyclic amines) is 1. The minimum atomic E-state index is -0.985. The lowest BCUT2D eigenvalue weighted by Gasteiger charge is -2.33. The fourth-order valence-corrected chi connectivity index (χ4v) is 3.92. The van der Waals surface area contributed by atoms with E-state index >= 15 is 0 Å². The van der Waals surface area contributed by atoms with Crippen LogP contribution in [0.25, 0.3) is 0 Å². The lowest BCUT2D eigenvalue weighted by atomic mass is 9.84. The van der Waals surface area contributed by atoms with Gasteiger partial charge in [0.05, 0.1) is 7.11 Å². The van der Waals surface area contributed by atoms with Crippen molar-refractivity contribution in [1.82, 2.24) is 4.90 Å². The average Bonchev–Trinajstić information content (AvgIpc) is 2.93. The smallest absolute Gasteiger partial charge is 0.326 e. The van der Waals surface area contributed by atoms with Crippen molar-refractivity contribution in [3.05, 3.63) is 29.6 Å². The fourth-order valence-electron chi connectivity index (χ4n) is 3.92. The lowest BCUT2D eigenvalue weighted by molar-refractivity contribution is -0.141. The molecule has 6 heteroatoms. The van der Waals surface area contributed by atoms with Gasteiger partial charge < -0.3 is 14.7 Å². The summed E-state index contributed by atoms with van der Waals surface area (Å²) in [5.74, 6) is -1.72. The summed E-state index contributed by atoms with van der Waals surface area (Å²) in [6.45, 7) is 0. The van der Waals surface area contributed by atoms with Gasteiger partial charge in [0.25, 0.3) is 5.91 Å². The predicted molar refractivity (Wildman–Crippen MR) is 80.9 cm³/mol. The van der Waals surface area contributed by atoms with E-state index in [1.54, 1.807) is 0 Å². The van der Waals surface area contributed by atoms with E-state index in [2.05, 4.69) is 0 Å². The lowest BCUT2D eigenvalue weighted by Crippen LogP contribution is -2.46. The van der Waals surface area contributed by atoms with Gasteiger partial charge in [-0.25, -0.2) is 9.18 Å². The standard InChI is InChI=1S/C17H20FNO4/c1-23-15-7-6-11(8-12(15)18)16(20)19-13-5-3-2-4-10(13)9-14(19)17(21)22/h6-8,10,13-14H,2-5,9H2,1H3,(H,21,22)/t10-,13+,14-/m0/s1. The highest BCUT2D eigenvalue weighted by atomic mass is 19.1. The van der Waals surface area contributed by atoms with E-state index in [9.17, 15) is 19.1 Å². The van der Waals surface area contributed by atoms with Crippen molar-refractivity contribution in [2.45, 2.75) is 44.2 Å². The maximum Gasteiger partial charge on any atom is 0.326 e. The van der Waals surface area contributed by atoms with Crippen LogP contribution in [0.4, 0.5) is 4.39 Å². The Labute approximate surface area is 134 Å². The number of carboxylic acid groups (broad SMARTS) is 1. The number of ether oxygens (including phenoxy) is 1. The molecule has 3 atom stereocenters. The molecule has 3 rings (SSSR count). The first-order chi connectivity index (χ1) is 11.0. The highest BCUT2D eigenvalue weighted by molar-refractivity contribution is 5.97. The molecule has 1 amide bonds. The predicted octanol–water partition coefficient (Wildman–Crippen LogP) is 2.69. The molecule has 0 radical (unpaired) electrons. The molecule has 2 fully saturated rings. The number of halogens is 1. The Morgan fingerprint density at radius 2 is 2.04 bits per heavy atom. The van der Waals surface area contributed by atoms with Crippen LogP contribution in [-0.2, 0) is 4.79 Å². The molecular weight excluding hydrogens is 301 g/mol. The van der Waals surface area contributed by atoms with Gasteiger partial charge in [0.15, 0.2) is 11.6 Å². The molecule has 1 aromatic carbocycles. The Bertz CT molecular complexity index is 633. The quantitative estimate of drug-likeness (QED) is 0.929. The minimum absolute atomic E-state index is 0.0532. The molecule has 1 aliphatic heterocycles. The number of amides is 1. The summed E-state index contributed by atoms with van der Waals surface area (Å²) in [4.78, 5) is 25.9. The number of aliphatic carboxylic acids is 1. The van der Waals surface area contributed by atoms with Crippen LogP contribution in [0.3, 0.4) is 0 Å². The normalized spacial score (nSPS) is 26.7. The van der Waals surface area contributed by atoms with Gasteiger partial charge >= 0.3 is 5.97 Å². The van der Waals surface area contributed by atoms with E-state index in [4.69, 9.17) is 4.74 Å². The van der Waals surface area contributed by atoms with Crippen LogP contribution in [-0.4, -0.2) is 41.1 Å². The summed E-state index contributed by atoms with van der Waals surface area (Å²) >= 11 is 0. The van der Waals surface area contributed by atoms with Gasteiger partial charge in [0.1, 0.15) is 6.04 Å². The zero-order valence-corrected chi connectivity index (χ0v) is 13.0. The van der Waals surface area contributed by atoms with Crippen LogP contribution >= 0.6 is 0 Å². The van der Waals surface area contributed by atoms with Crippen LogP contribution in [0.15, 0.2) is 18.2 Å². The summed E-state index contributed by atoms with van der Waals surface area (Å²) < 4.78 is 18.7. The monoisotopic (exact) mass is 321 g/mol. The topological polar surface area (TPSA) is 66.8 Å². The number of fused-ring (bicyclic) bond motifs is 1. The molecule has 1 aliphatic carbocycles. The third kappa shape index (κ3) is 2.78. The van der Waals surface area contributed by atoms with Crippen LogP contribution in [0, 0.1) is 11.7 Å². The average molecular weight is 321 g/mol. The molecule has 1 aromatic rings. The second-order valence-corrected chi connectivity index (χ2v) is 6.26. The minimum Gasteiger partial charge on any atom is -0.494 e. The zero-order valence-electron chi connectivity index (χ0n) is 13.0. The van der Waals surface area contributed by atoms with Crippen molar-refractivity contribution in [2.75, 3.05) is 7.11 Å². The van der Waals surface area contributed by atoms with Crippen molar-refractivity contribution < 1.29 is 23.8 Å². The van der Waals surface area contributed by atoms with Crippen LogP contribution < -0.4 is 4.74 Å². The van der Waals surface area contributed by atoms with Gasteiger partial charge in [-0.1, -0.05) is 12.8 Å². The van der Waals surface area contributed by atoms with Gasteiger partial charge in [-0.3, -0.25) is 4.79 Å². The number of rotatable bonds is 3. The van der Waals surface area contributed by atoms with E-state index in [1.165, 1.54) is 24.1 Å².